The van der Waals surface area contributed by atoms with E-state index < -0.39 is 0 Å². The molecule has 0 aromatic carbocycles. The summed E-state index contributed by atoms with van der Waals surface area (Å²) in [5.41, 5.74) is 1.38. The average Bonchev–Trinajstić information content (AvgIpc) is 2.66. The van der Waals surface area contributed by atoms with Crippen molar-refractivity contribution >= 4 is 11.3 Å². The Kier molecular flexibility index (Phi) is 5.56. The molecule has 1 heterocycles. The van der Waals surface area contributed by atoms with Gasteiger partial charge in [-0.1, -0.05) is 20.8 Å². The van der Waals surface area contributed by atoms with Gasteiger partial charge < -0.3 is 5.32 Å². The summed E-state index contributed by atoms with van der Waals surface area (Å²) in [4.78, 5) is 7.05. The van der Waals surface area contributed by atoms with E-state index >= 15 is 0 Å². The highest BCUT2D eigenvalue weighted by molar-refractivity contribution is 7.09. The summed E-state index contributed by atoms with van der Waals surface area (Å²) >= 11 is 1.78. The lowest BCUT2D eigenvalue weighted by atomic mass is 9.93. The maximum Gasteiger partial charge on any atom is 0.107 e. The molecule has 1 aromatic rings. The summed E-state index contributed by atoms with van der Waals surface area (Å²) < 4.78 is 0. The van der Waals surface area contributed by atoms with Crippen molar-refractivity contribution in [1.29, 1.82) is 0 Å². The number of nitrogens with one attached hydrogen (secondary N) is 1. The summed E-state index contributed by atoms with van der Waals surface area (Å²) in [6.45, 7) is 9.79. The molecule has 3 nitrogen and oxygen atoms in total. The number of hydrogen-bond acceptors (Lipinski definition) is 4. The van der Waals surface area contributed by atoms with Crippen molar-refractivity contribution in [3.63, 3.8) is 0 Å². The molecule has 0 radical (unpaired) electrons. The Hall–Kier alpha value is -0.450. The Morgan fingerprint density at radius 3 is 2.65 bits per heavy atom. The monoisotopic (exact) mass is 255 g/mol. The van der Waals surface area contributed by atoms with E-state index in [4.69, 9.17) is 4.98 Å². The van der Waals surface area contributed by atoms with Crippen LogP contribution < -0.4 is 5.32 Å². The molecular formula is C13H25N3S. The molecule has 0 amide bonds. The first-order valence-corrected chi connectivity index (χ1v) is 7.09. The van der Waals surface area contributed by atoms with Gasteiger partial charge in [0.2, 0.25) is 0 Å². The zero-order chi connectivity index (χ0) is 12.9. The quantitative estimate of drug-likeness (QED) is 0.792. The highest BCUT2D eigenvalue weighted by atomic mass is 32.1. The third kappa shape index (κ3) is 5.15. The first-order chi connectivity index (χ1) is 7.93. The molecule has 1 aromatic heterocycles. The lowest BCUT2D eigenvalue weighted by Crippen LogP contribution is -2.22. The van der Waals surface area contributed by atoms with E-state index in [1.807, 2.05) is 7.05 Å². The van der Waals surface area contributed by atoms with Crippen LogP contribution in [0.25, 0.3) is 0 Å². The molecule has 0 bridgehead atoms. The smallest absolute Gasteiger partial charge is 0.107 e. The van der Waals surface area contributed by atoms with Crippen molar-refractivity contribution in [2.24, 2.45) is 0 Å². The van der Waals surface area contributed by atoms with E-state index in [0.29, 0.717) is 0 Å². The summed E-state index contributed by atoms with van der Waals surface area (Å²) in [6.07, 6.45) is 1.19. The molecule has 1 rings (SSSR count). The number of nitrogens with zero attached hydrogens (tertiary/aromatic N) is 2. The lowest BCUT2D eigenvalue weighted by Gasteiger charge is -2.16. The Morgan fingerprint density at radius 1 is 1.41 bits per heavy atom. The van der Waals surface area contributed by atoms with E-state index in [9.17, 15) is 0 Å². The third-order valence-corrected chi connectivity index (χ3v) is 3.53. The second kappa shape index (κ2) is 6.47. The van der Waals surface area contributed by atoms with E-state index in [1.54, 1.807) is 11.3 Å². The van der Waals surface area contributed by atoms with Crippen molar-refractivity contribution in [3.05, 3.63) is 16.1 Å². The van der Waals surface area contributed by atoms with E-state index in [-0.39, 0.29) is 5.41 Å². The minimum Gasteiger partial charge on any atom is -0.320 e. The summed E-state index contributed by atoms with van der Waals surface area (Å²) in [7, 11) is 4.16. The average molecular weight is 255 g/mol. The maximum atomic E-state index is 4.71. The van der Waals surface area contributed by atoms with Crippen LogP contribution in [-0.2, 0) is 12.0 Å². The van der Waals surface area contributed by atoms with E-state index in [0.717, 1.165) is 19.6 Å². The van der Waals surface area contributed by atoms with Crippen molar-refractivity contribution in [1.82, 2.24) is 15.2 Å². The van der Waals surface area contributed by atoms with Gasteiger partial charge in [0, 0.05) is 10.8 Å². The van der Waals surface area contributed by atoms with Gasteiger partial charge in [-0.25, -0.2) is 4.98 Å². The summed E-state index contributed by atoms with van der Waals surface area (Å²) in [6, 6.07) is 0. The number of thiazole rings is 1. The molecular weight excluding hydrogens is 230 g/mol. The van der Waals surface area contributed by atoms with E-state index in [1.165, 1.54) is 17.1 Å². The van der Waals surface area contributed by atoms with Crippen LogP contribution in [0.4, 0.5) is 0 Å². The fraction of sp³-hybridized carbons (Fsp3) is 0.769. The molecule has 4 heteroatoms. The van der Waals surface area contributed by atoms with Gasteiger partial charge in [0.1, 0.15) is 5.01 Å². The number of rotatable bonds is 6. The molecule has 0 atom stereocenters. The van der Waals surface area contributed by atoms with Crippen LogP contribution in [0.2, 0.25) is 0 Å². The molecule has 0 saturated heterocycles. The Morgan fingerprint density at radius 2 is 2.12 bits per heavy atom. The predicted octanol–water partition coefficient (Wildman–Crippen LogP) is 2.48. The van der Waals surface area contributed by atoms with Gasteiger partial charge in [-0.05, 0) is 33.6 Å². The fourth-order valence-corrected chi connectivity index (χ4v) is 2.66. The number of hydrogen-bond donors (Lipinski definition) is 1. The largest absolute Gasteiger partial charge is 0.320 e. The molecule has 98 valence electrons. The van der Waals surface area contributed by atoms with Gasteiger partial charge in [-0.2, -0.15) is 0 Å². The molecule has 0 unspecified atom stereocenters. The Bertz CT molecular complexity index is 328. The molecule has 0 aliphatic rings. The van der Waals surface area contributed by atoms with Crippen molar-refractivity contribution in [2.75, 3.05) is 27.2 Å². The van der Waals surface area contributed by atoms with Gasteiger partial charge >= 0.3 is 0 Å². The topological polar surface area (TPSA) is 28.2 Å². The lowest BCUT2D eigenvalue weighted by molar-refractivity contribution is 0.320. The van der Waals surface area contributed by atoms with Gasteiger partial charge in [-0.3, -0.25) is 4.90 Å². The minimum atomic E-state index is 0.166. The normalized spacial score (nSPS) is 12.4. The van der Waals surface area contributed by atoms with Gasteiger partial charge in [0.05, 0.1) is 12.2 Å². The standard InChI is InChI=1S/C13H25N3S/c1-13(2,3)11-10-17-12(15-11)9-16(5)8-6-7-14-4/h10,14H,6-9H2,1-5H3. The van der Waals surface area contributed by atoms with Crippen LogP contribution in [0.5, 0.6) is 0 Å². The van der Waals surface area contributed by atoms with Crippen molar-refractivity contribution < 1.29 is 0 Å². The van der Waals surface area contributed by atoms with Crippen molar-refractivity contribution in [2.45, 2.75) is 39.2 Å². The molecule has 0 spiro atoms. The minimum absolute atomic E-state index is 0.166. The summed E-state index contributed by atoms with van der Waals surface area (Å²) in [5, 5.41) is 6.59. The first-order valence-electron chi connectivity index (χ1n) is 6.21. The highest BCUT2D eigenvalue weighted by Crippen LogP contribution is 2.24. The Labute approximate surface area is 109 Å². The maximum absolute atomic E-state index is 4.71. The van der Waals surface area contributed by atoms with Crippen LogP contribution in [0.1, 0.15) is 37.9 Å². The molecule has 17 heavy (non-hydrogen) atoms. The van der Waals surface area contributed by atoms with E-state index in [2.05, 4.69) is 43.4 Å². The third-order valence-electron chi connectivity index (χ3n) is 2.69. The summed E-state index contributed by atoms with van der Waals surface area (Å²) in [5.74, 6) is 0. The highest BCUT2D eigenvalue weighted by Gasteiger charge is 2.17. The molecule has 0 saturated carbocycles. The SMILES string of the molecule is CNCCCN(C)Cc1nc(C(C)(C)C)cs1. The van der Waals surface area contributed by atoms with Gasteiger partial charge in [0.25, 0.3) is 0 Å². The molecule has 0 fully saturated rings. The molecule has 0 aliphatic carbocycles. The van der Waals surface area contributed by atoms with Crippen LogP contribution in [0.15, 0.2) is 5.38 Å². The predicted molar refractivity (Wildman–Crippen MR) is 75.7 cm³/mol. The fourth-order valence-electron chi connectivity index (χ4n) is 1.56. The second-order valence-corrected chi connectivity index (χ2v) is 6.51. The van der Waals surface area contributed by atoms with Gasteiger partial charge in [0.15, 0.2) is 0 Å². The zero-order valence-electron chi connectivity index (χ0n) is 11.7. The molecule has 1 N–H and O–H groups in total. The zero-order valence-corrected chi connectivity index (χ0v) is 12.5. The first kappa shape index (κ1) is 14.6. The van der Waals surface area contributed by atoms with Gasteiger partial charge in [-0.15, -0.1) is 11.3 Å². The second-order valence-electron chi connectivity index (χ2n) is 5.57. The molecule has 0 aliphatic heterocycles. The van der Waals surface area contributed by atoms with Crippen molar-refractivity contribution in [3.8, 4) is 0 Å². The van der Waals surface area contributed by atoms with Crippen LogP contribution in [-0.4, -0.2) is 37.1 Å². The Balaban J connectivity index is 2.43. The van der Waals surface area contributed by atoms with Crippen LogP contribution in [0.3, 0.4) is 0 Å². The van der Waals surface area contributed by atoms with Crippen LogP contribution in [0, 0.1) is 0 Å². The number of aromatic nitrogens is 1. The van der Waals surface area contributed by atoms with Crippen LogP contribution >= 0.6 is 11.3 Å².